The summed E-state index contributed by atoms with van der Waals surface area (Å²) in [7, 11) is 0. The van der Waals surface area contributed by atoms with Crippen molar-refractivity contribution in [3.05, 3.63) is 48.2 Å². The Balaban J connectivity index is 1.47. The van der Waals surface area contributed by atoms with Gasteiger partial charge in [-0.2, -0.15) is 4.98 Å². The lowest BCUT2D eigenvalue weighted by atomic mass is 10.2. The number of aromatic nitrogens is 6. The zero-order valence-electron chi connectivity index (χ0n) is 13.0. The second-order valence-electron chi connectivity index (χ2n) is 4.92. The van der Waals surface area contributed by atoms with Gasteiger partial charge in [0.15, 0.2) is 11.5 Å². The second kappa shape index (κ2) is 7.27. The molecule has 0 spiro atoms. The molecule has 24 heavy (non-hydrogen) atoms. The first-order valence-electron chi connectivity index (χ1n) is 7.27. The van der Waals surface area contributed by atoms with E-state index in [-0.39, 0.29) is 5.91 Å². The highest BCUT2D eigenvalue weighted by Gasteiger charge is 2.10. The minimum absolute atomic E-state index is 0.188. The van der Waals surface area contributed by atoms with Gasteiger partial charge in [-0.05, 0) is 24.6 Å². The zero-order chi connectivity index (χ0) is 16.8. The van der Waals surface area contributed by atoms with Gasteiger partial charge >= 0.3 is 0 Å². The highest BCUT2D eigenvalue weighted by molar-refractivity contribution is 5.91. The van der Waals surface area contributed by atoms with E-state index in [0.717, 1.165) is 5.56 Å². The average Bonchev–Trinajstić information content (AvgIpc) is 3.23. The molecule has 0 aliphatic rings. The van der Waals surface area contributed by atoms with Crippen molar-refractivity contribution in [1.29, 1.82) is 0 Å². The number of aryl methyl sites for hydroxylation is 1. The topological polar surface area (TPSA) is 112 Å². The van der Waals surface area contributed by atoms with E-state index in [0.29, 0.717) is 30.5 Å². The maximum absolute atomic E-state index is 11.7. The first kappa shape index (κ1) is 15.5. The lowest BCUT2D eigenvalue weighted by Gasteiger charge is -2.01. The standard InChI is InChI=1S/C15H15N7O2/c1-11-18-15(24-20-11)13-10-22(21-19-13)8-7-17-14(23)5-4-12-3-2-6-16-9-12/h2-6,9-10H,7-8H2,1H3,(H,17,23)/b5-4+. The fourth-order valence-electron chi connectivity index (χ4n) is 1.91. The van der Waals surface area contributed by atoms with Crippen LogP contribution in [0.2, 0.25) is 0 Å². The van der Waals surface area contributed by atoms with Crippen molar-refractivity contribution in [1.82, 2.24) is 35.4 Å². The van der Waals surface area contributed by atoms with Gasteiger partial charge in [-0.3, -0.25) is 9.78 Å². The molecule has 0 saturated carbocycles. The van der Waals surface area contributed by atoms with Crippen LogP contribution in [0.25, 0.3) is 17.7 Å². The maximum Gasteiger partial charge on any atom is 0.280 e. The Labute approximate surface area is 137 Å². The molecule has 9 nitrogen and oxygen atoms in total. The van der Waals surface area contributed by atoms with Crippen LogP contribution in [0.1, 0.15) is 11.4 Å². The summed E-state index contributed by atoms with van der Waals surface area (Å²) in [6.07, 6.45) is 8.21. The summed E-state index contributed by atoms with van der Waals surface area (Å²) in [5, 5.41) is 14.4. The molecular weight excluding hydrogens is 310 g/mol. The minimum atomic E-state index is -0.188. The summed E-state index contributed by atoms with van der Waals surface area (Å²) in [5.74, 6) is 0.668. The summed E-state index contributed by atoms with van der Waals surface area (Å²) in [6.45, 7) is 2.63. The number of nitrogens with one attached hydrogen (secondary N) is 1. The first-order chi connectivity index (χ1) is 11.7. The van der Waals surface area contributed by atoms with Gasteiger partial charge < -0.3 is 9.84 Å². The Morgan fingerprint density at radius 3 is 3.12 bits per heavy atom. The molecule has 0 fully saturated rings. The number of amides is 1. The van der Waals surface area contributed by atoms with Gasteiger partial charge in [-0.15, -0.1) is 5.10 Å². The van der Waals surface area contributed by atoms with Crippen LogP contribution in [0, 0.1) is 6.92 Å². The van der Waals surface area contributed by atoms with Crippen molar-refractivity contribution in [2.45, 2.75) is 13.5 Å². The highest BCUT2D eigenvalue weighted by Crippen LogP contribution is 2.12. The van der Waals surface area contributed by atoms with Crippen molar-refractivity contribution in [3.8, 4) is 11.6 Å². The molecule has 0 bridgehead atoms. The molecule has 0 radical (unpaired) electrons. The van der Waals surface area contributed by atoms with Gasteiger partial charge in [0.05, 0.1) is 12.7 Å². The molecule has 9 heteroatoms. The van der Waals surface area contributed by atoms with Crippen LogP contribution in [0.3, 0.4) is 0 Å². The van der Waals surface area contributed by atoms with Crippen LogP contribution in [0.15, 0.2) is 41.3 Å². The minimum Gasteiger partial charge on any atom is -0.351 e. The fraction of sp³-hybridized carbons (Fsp3) is 0.200. The third-order valence-corrected chi connectivity index (χ3v) is 3.04. The molecule has 1 amide bonds. The van der Waals surface area contributed by atoms with Crippen molar-refractivity contribution in [3.63, 3.8) is 0 Å². The molecule has 1 N–H and O–H groups in total. The van der Waals surface area contributed by atoms with E-state index in [4.69, 9.17) is 4.52 Å². The largest absolute Gasteiger partial charge is 0.351 e. The molecule has 0 aliphatic carbocycles. The smallest absolute Gasteiger partial charge is 0.280 e. The number of nitrogens with zero attached hydrogens (tertiary/aromatic N) is 6. The Hall–Kier alpha value is -3.36. The molecule has 3 heterocycles. The van der Waals surface area contributed by atoms with Gasteiger partial charge in [0.2, 0.25) is 5.91 Å². The molecule has 3 aromatic rings. The lowest BCUT2D eigenvalue weighted by Crippen LogP contribution is -2.25. The third-order valence-electron chi connectivity index (χ3n) is 3.04. The average molecular weight is 325 g/mol. The van der Waals surface area contributed by atoms with E-state index in [1.807, 2.05) is 12.1 Å². The first-order valence-corrected chi connectivity index (χ1v) is 7.27. The summed E-state index contributed by atoms with van der Waals surface area (Å²) in [5.41, 5.74) is 1.36. The Bertz CT molecular complexity index is 838. The van der Waals surface area contributed by atoms with Gasteiger partial charge in [-0.1, -0.05) is 16.4 Å². The van der Waals surface area contributed by atoms with Crippen LogP contribution >= 0.6 is 0 Å². The maximum atomic E-state index is 11.7. The van der Waals surface area contributed by atoms with E-state index in [2.05, 4.69) is 30.8 Å². The normalized spacial score (nSPS) is 11.0. The molecule has 0 unspecified atom stereocenters. The van der Waals surface area contributed by atoms with Crippen LogP contribution < -0.4 is 5.32 Å². The third kappa shape index (κ3) is 4.09. The predicted molar refractivity (Wildman–Crippen MR) is 84.3 cm³/mol. The van der Waals surface area contributed by atoms with Gasteiger partial charge in [0.25, 0.3) is 5.89 Å². The van der Waals surface area contributed by atoms with Crippen LogP contribution in [-0.4, -0.2) is 42.6 Å². The van der Waals surface area contributed by atoms with Crippen molar-refractivity contribution in [2.24, 2.45) is 0 Å². The Morgan fingerprint density at radius 2 is 2.38 bits per heavy atom. The lowest BCUT2D eigenvalue weighted by molar-refractivity contribution is -0.116. The van der Waals surface area contributed by atoms with Gasteiger partial charge in [0.1, 0.15) is 0 Å². The molecule has 0 aromatic carbocycles. The Morgan fingerprint density at radius 1 is 1.46 bits per heavy atom. The molecule has 0 aliphatic heterocycles. The summed E-state index contributed by atoms with van der Waals surface area (Å²) < 4.78 is 6.62. The summed E-state index contributed by atoms with van der Waals surface area (Å²) >= 11 is 0. The monoisotopic (exact) mass is 325 g/mol. The molecule has 0 saturated heterocycles. The van der Waals surface area contributed by atoms with Crippen LogP contribution in [0.5, 0.6) is 0 Å². The van der Waals surface area contributed by atoms with E-state index in [9.17, 15) is 4.79 Å². The quantitative estimate of drug-likeness (QED) is 0.669. The van der Waals surface area contributed by atoms with Crippen molar-refractivity contribution in [2.75, 3.05) is 6.54 Å². The predicted octanol–water partition coefficient (Wildman–Crippen LogP) is 0.861. The number of hydrogen-bond donors (Lipinski definition) is 1. The van der Waals surface area contributed by atoms with Crippen molar-refractivity contribution >= 4 is 12.0 Å². The van der Waals surface area contributed by atoms with Crippen LogP contribution in [0.4, 0.5) is 0 Å². The second-order valence-corrected chi connectivity index (χ2v) is 4.92. The fourth-order valence-corrected chi connectivity index (χ4v) is 1.91. The van der Waals surface area contributed by atoms with Gasteiger partial charge in [0, 0.05) is 25.0 Å². The summed E-state index contributed by atoms with van der Waals surface area (Å²) in [6, 6.07) is 3.68. The molecule has 0 atom stereocenters. The van der Waals surface area contributed by atoms with E-state index in [1.165, 1.54) is 6.08 Å². The Kier molecular flexibility index (Phi) is 4.70. The SMILES string of the molecule is Cc1noc(-c2cn(CCNC(=O)/C=C/c3cccnc3)nn2)n1. The highest BCUT2D eigenvalue weighted by atomic mass is 16.5. The zero-order valence-corrected chi connectivity index (χ0v) is 13.0. The molecule has 3 rings (SSSR count). The van der Waals surface area contributed by atoms with E-state index in [1.54, 1.807) is 36.3 Å². The van der Waals surface area contributed by atoms with E-state index >= 15 is 0 Å². The molecular formula is C15H15N7O2. The molecule has 3 aromatic heterocycles. The summed E-state index contributed by atoms with van der Waals surface area (Å²) in [4.78, 5) is 19.8. The van der Waals surface area contributed by atoms with E-state index < -0.39 is 0 Å². The van der Waals surface area contributed by atoms with Crippen molar-refractivity contribution < 1.29 is 9.32 Å². The number of pyridine rings is 1. The number of carbonyl (C=O) groups is 1. The molecule has 122 valence electrons. The van der Waals surface area contributed by atoms with Gasteiger partial charge in [-0.25, -0.2) is 4.68 Å². The number of carbonyl (C=O) groups excluding carboxylic acids is 1. The van der Waals surface area contributed by atoms with Crippen LogP contribution in [-0.2, 0) is 11.3 Å². The number of hydrogen-bond acceptors (Lipinski definition) is 7. The number of rotatable bonds is 6.